The Morgan fingerprint density at radius 2 is 2.08 bits per heavy atom. The Labute approximate surface area is 150 Å². The van der Waals surface area contributed by atoms with Crippen molar-refractivity contribution in [3.8, 4) is 5.75 Å². The molecule has 26 heavy (non-hydrogen) atoms. The number of aryl methyl sites for hydroxylation is 1. The maximum absolute atomic E-state index is 12.5. The number of ether oxygens (including phenoxy) is 1. The zero-order valence-corrected chi connectivity index (χ0v) is 15.5. The molecule has 0 aliphatic heterocycles. The predicted octanol–water partition coefficient (Wildman–Crippen LogP) is 1.37. The number of nitrogens with zero attached hydrogens (tertiary/aromatic N) is 2. The second-order valence-corrected chi connectivity index (χ2v) is 9.73. The summed E-state index contributed by atoms with van der Waals surface area (Å²) in [5, 5.41) is 8.64. The van der Waals surface area contributed by atoms with Crippen LogP contribution in [0.15, 0.2) is 23.1 Å². The van der Waals surface area contributed by atoms with Gasteiger partial charge >= 0.3 is 5.97 Å². The van der Waals surface area contributed by atoms with Crippen LogP contribution in [0.5, 0.6) is 5.75 Å². The Bertz CT molecular complexity index is 1050. The van der Waals surface area contributed by atoms with E-state index in [9.17, 15) is 18.0 Å². The van der Waals surface area contributed by atoms with Crippen molar-refractivity contribution >= 4 is 26.8 Å². The van der Waals surface area contributed by atoms with Crippen LogP contribution in [-0.2, 0) is 16.9 Å². The largest absolute Gasteiger partial charge is 0.490 e. The number of fused-ring (bicyclic) bond motifs is 1. The maximum Gasteiger partial charge on any atom is 0.341 e. The number of carboxylic acid groups (broad SMARTS) is 1. The molecule has 1 aliphatic rings. The zero-order chi connectivity index (χ0) is 19.3. The molecule has 0 atom stereocenters. The second-order valence-electron chi connectivity index (χ2n) is 6.84. The first-order chi connectivity index (χ1) is 12.1. The van der Waals surface area contributed by atoms with E-state index in [1.54, 1.807) is 19.9 Å². The molecule has 0 radical (unpaired) electrons. The molecule has 0 spiro atoms. The van der Waals surface area contributed by atoms with Crippen molar-refractivity contribution in [2.24, 2.45) is 7.05 Å². The molecule has 1 N–H and O–H groups in total. The van der Waals surface area contributed by atoms with Crippen molar-refractivity contribution in [3.63, 3.8) is 0 Å². The summed E-state index contributed by atoms with van der Waals surface area (Å²) in [6.07, 6.45) is 2.52. The highest BCUT2D eigenvalue weighted by molar-refractivity contribution is 7.93. The molecule has 2 aromatic rings. The highest BCUT2D eigenvalue weighted by atomic mass is 32.2. The first-order valence-electron chi connectivity index (χ1n) is 8.19. The van der Waals surface area contributed by atoms with E-state index >= 15 is 0 Å². The molecule has 8 nitrogen and oxygen atoms in total. The molecule has 0 bridgehead atoms. The zero-order valence-electron chi connectivity index (χ0n) is 14.7. The molecule has 1 aliphatic carbocycles. The molecular weight excluding hydrogens is 360 g/mol. The van der Waals surface area contributed by atoms with Gasteiger partial charge < -0.3 is 14.4 Å². The van der Waals surface area contributed by atoms with Gasteiger partial charge in [-0.2, -0.15) is 0 Å². The molecule has 1 fully saturated rings. The Morgan fingerprint density at radius 1 is 1.42 bits per heavy atom. The average Bonchev–Trinajstić information content (AvgIpc) is 3.37. The summed E-state index contributed by atoms with van der Waals surface area (Å²) in [4.78, 5) is 27.5. The molecule has 2 aromatic heterocycles. The van der Waals surface area contributed by atoms with Gasteiger partial charge in [0.1, 0.15) is 28.2 Å². The molecule has 140 valence electrons. The Hall–Kier alpha value is -2.42. The lowest BCUT2D eigenvalue weighted by Gasteiger charge is -2.20. The van der Waals surface area contributed by atoms with Crippen LogP contribution in [0.1, 0.15) is 37.0 Å². The molecular formula is C17H20N2O6S. The van der Waals surface area contributed by atoms with Gasteiger partial charge in [-0.1, -0.05) is 0 Å². The van der Waals surface area contributed by atoms with Crippen LogP contribution in [-0.4, -0.2) is 45.6 Å². The van der Waals surface area contributed by atoms with Crippen LogP contribution in [0.4, 0.5) is 0 Å². The average molecular weight is 380 g/mol. The Balaban J connectivity index is 2.01. The molecule has 2 heterocycles. The minimum atomic E-state index is -3.31. The van der Waals surface area contributed by atoms with Crippen molar-refractivity contribution in [1.82, 2.24) is 9.55 Å². The smallest absolute Gasteiger partial charge is 0.341 e. The summed E-state index contributed by atoms with van der Waals surface area (Å²) in [6, 6.07) is 2.74. The SMILES string of the molecule is CC(C)S(=O)(=O)C1(COc2ccnc3cc(C(=O)O)c(=O)n(C)c23)CC1. The summed E-state index contributed by atoms with van der Waals surface area (Å²) < 4.78 is 31.1. The topological polar surface area (TPSA) is 116 Å². The lowest BCUT2D eigenvalue weighted by atomic mass is 10.2. The van der Waals surface area contributed by atoms with Gasteiger partial charge in [-0.05, 0) is 32.8 Å². The molecule has 9 heteroatoms. The van der Waals surface area contributed by atoms with Crippen molar-refractivity contribution in [2.45, 2.75) is 36.7 Å². The number of aromatic carboxylic acids is 1. The molecule has 0 saturated heterocycles. The highest BCUT2D eigenvalue weighted by Crippen LogP contribution is 2.46. The normalized spacial score (nSPS) is 16.0. The van der Waals surface area contributed by atoms with Crippen LogP contribution >= 0.6 is 0 Å². The fraction of sp³-hybridized carbons (Fsp3) is 0.471. The lowest BCUT2D eigenvalue weighted by molar-refractivity contribution is 0.0694. The first-order valence-corrected chi connectivity index (χ1v) is 9.74. The van der Waals surface area contributed by atoms with Crippen LogP contribution in [0.2, 0.25) is 0 Å². The summed E-state index contributed by atoms with van der Waals surface area (Å²) in [5.41, 5.74) is -0.441. The van der Waals surface area contributed by atoms with Gasteiger partial charge in [0.2, 0.25) is 0 Å². The van der Waals surface area contributed by atoms with E-state index in [0.717, 1.165) is 4.57 Å². The number of carboxylic acids is 1. The molecule has 1 saturated carbocycles. The molecule has 0 amide bonds. The quantitative estimate of drug-likeness (QED) is 0.804. The molecule has 3 rings (SSSR count). The third kappa shape index (κ3) is 2.76. The summed E-state index contributed by atoms with van der Waals surface area (Å²) >= 11 is 0. The summed E-state index contributed by atoms with van der Waals surface area (Å²) in [5.74, 6) is -1.03. The minimum Gasteiger partial charge on any atom is -0.490 e. The minimum absolute atomic E-state index is 0.0124. The number of pyridine rings is 2. The maximum atomic E-state index is 12.5. The first kappa shape index (κ1) is 18.4. The number of carbonyl (C=O) groups is 1. The van der Waals surface area contributed by atoms with Crippen molar-refractivity contribution < 1.29 is 23.1 Å². The number of aromatic nitrogens is 2. The van der Waals surface area contributed by atoms with E-state index in [-0.39, 0.29) is 12.2 Å². The van der Waals surface area contributed by atoms with Crippen LogP contribution in [0.3, 0.4) is 0 Å². The lowest BCUT2D eigenvalue weighted by Crippen LogP contribution is -2.35. The van der Waals surface area contributed by atoms with Crippen molar-refractivity contribution in [2.75, 3.05) is 6.61 Å². The van der Waals surface area contributed by atoms with E-state index in [1.165, 1.54) is 19.3 Å². The fourth-order valence-corrected chi connectivity index (χ4v) is 4.90. The molecule has 0 aromatic carbocycles. The van der Waals surface area contributed by atoms with E-state index in [2.05, 4.69) is 4.98 Å². The van der Waals surface area contributed by atoms with Crippen LogP contribution in [0, 0.1) is 0 Å². The van der Waals surface area contributed by atoms with E-state index < -0.39 is 31.4 Å². The van der Waals surface area contributed by atoms with Gasteiger partial charge in [0.15, 0.2) is 9.84 Å². The van der Waals surface area contributed by atoms with E-state index in [0.29, 0.717) is 29.6 Å². The van der Waals surface area contributed by atoms with Gasteiger partial charge in [0.25, 0.3) is 5.56 Å². The third-order valence-corrected chi connectivity index (χ3v) is 7.79. The molecule has 0 unspecified atom stereocenters. The number of hydrogen-bond acceptors (Lipinski definition) is 6. The van der Waals surface area contributed by atoms with Gasteiger partial charge in [0.05, 0.1) is 10.8 Å². The standard InChI is InChI=1S/C17H20N2O6S/c1-10(2)26(23,24)17(5-6-17)9-25-13-4-7-18-12-8-11(16(21)22)15(20)19(3)14(12)13/h4,7-8,10H,5-6,9H2,1-3H3,(H,21,22). The van der Waals surface area contributed by atoms with Crippen molar-refractivity contribution in [3.05, 3.63) is 34.2 Å². The van der Waals surface area contributed by atoms with Crippen LogP contribution in [0.25, 0.3) is 11.0 Å². The number of hydrogen-bond donors (Lipinski definition) is 1. The Kier molecular flexibility index (Phi) is 4.30. The Morgan fingerprint density at radius 3 is 2.62 bits per heavy atom. The number of rotatable bonds is 6. The monoisotopic (exact) mass is 380 g/mol. The second kappa shape index (κ2) is 6.08. The summed E-state index contributed by atoms with van der Waals surface area (Å²) in [7, 11) is -1.88. The van der Waals surface area contributed by atoms with Crippen molar-refractivity contribution in [1.29, 1.82) is 0 Å². The van der Waals surface area contributed by atoms with Gasteiger partial charge in [-0.3, -0.25) is 9.78 Å². The van der Waals surface area contributed by atoms with Gasteiger partial charge in [0, 0.05) is 19.3 Å². The van der Waals surface area contributed by atoms with E-state index in [4.69, 9.17) is 9.84 Å². The number of sulfone groups is 1. The third-order valence-electron chi connectivity index (χ3n) is 4.82. The van der Waals surface area contributed by atoms with Crippen LogP contribution < -0.4 is 10.3 Å². The fourth-order valence-electron chi connectivity index (χ4n) is 3.00. The summed E-state index contributed by atoms with van der Waals surface area (Å²) in [6.45, 7) is 3.28. The predicted molar refractivity (Wildman–Crippen MR) is 95.5 cm³/mol. The highest BCUT2D eigenvalue weighted by Gasteiger charge is 2.56. The van der Waals surface area contributed by atoms with Gasteiger partial charge in [-0.15, -0.1) is 0 Å². The van der Waals surface area contributed by atoms with Gasteiger partial charge in [-0.25, -0.2) is 13.2 Å². The van der Waals surface area contributed by atoms with E-state index in [1.807, 2.05) is 0 Å².